The Kier molecular flexibility index (Phi) is 4.76. The van der Waals surface area contributed by atoms with Gasteiger partial charge in [-0.15, -0.1) is 0 Å². The van der Waals surface area contributed by atoms with Crippen LogP contribution in [-0.4, -0.2) is 19.2 Å². The van der Waals surface area contributed by atoms with Crippen LogP contribution in [0.5, 0.6) is 5.75 Å². The Balaban J connectivity index is 2.74. The molecule has 1 aromatic carbocycles. The number of benzene rings is 1. The van der Waals surface area contributed by atoms with Gasteiger partial charge in [0, 0.05) is 6.92 Å². The van der Waals surface area contributed by atoms with Crippen LogP contribution in [0, 0.1) is 6.92 Å². The third kappa shape index (κ3) is 4.31. The van der Waals surface area contributed by atoms with E-state index in [1.54, 1.807) is 7.11 Å². The van der Waals surface area contributed by atoms with Crippen molar-refractivity contribution >= 4 is 12.0 Å². The van der Waals surface area contributed by atoms with Crippen molar-refractivity contribution in [2.45, 2.75) is 26.9 Å². The van der Waals surface area contributed by atoms with Crippen LogP contribution in [0.1, 0.15) is 25.0 Å². The molecule has 0 bridgehead atoms. The Bertz CT molecular complexity index is 421. The molecule has 0 aliphatic carbocycles. The molecule has 0 radical (unpaired) electrons. The van der Waals surface area contributed by atoms with E-state index < -0.39 is 0 Å². The maximum Gasteiger partial charge on any atom is 0.303 e. The molecule has 0 aliphatic heterocycles. The lowest BCUT2D eigenvalue weighted by atomic mass is 10.1. The lowest BCUT2D eigenvalue weighted by Crippen LogP contribution is -2.08. The molecule has 0 N–H and O–H groups in total. The van der Waals surface area contributed by atoms with Crippen LogP contribution >= 0.6 is 0 Å². The van der Waals surface area contributed by atoms with E-state index >= 15 is 0 Å². The molecular formula is C14H18O3. The fourth-order valence-corrected chi connectivity index (χ4v) is 1.50. The van der Waals surface area contributed by atoms with Gasteiger partial charge in [0.15, 0.2) is 0 Å². The minimum Gasteiger partial charge on any atom is -0.497 e. The zero-order valence-corrected chi connectivity index (χ0v) is 10.7. The predicted octanol–water partition coefficient (Wildman–Crippen LogP) is 2.97. The molecule has 1 aromatic rings. The summed E-state index contributed by atoms with van der Waals surface area (Å²) in [5.41, 5.74) is 2.21. The standard InChI is InChI=1S/C14H18O3/c1-10-9-14(16-4)8-7-13(10)6-5-11(2)17-12(3)15/h5-9,11H,1-4H3/t11-/m1/s1. The molecule has 0 aromatic heterocycles. The highest BCUT2D eigenvalue weighted by molar-refractivity contribution is 5.66. The maximum absolute atomic E-state index is 10.7. The molecule has 17 heavy (non-hydrogen) atoms. The summed E-state index contributed by atoms with van der Waals surface area (Å²) in [5.74, 6) is 0.571. The summed E-state index contributed by atoms with van der Waals surface area (Å²) in [7, 11) is 1.65. The second kappa shape index (κ2) is 6.09. The van der Waals surface area contributed by atoms with Gasteiger partial charge in [-0.05, 0) is 43.2 Å². The molecule has 3 heteroatoms. The normalized spacial score (nSPS) is 12.5. The van der Waals surface area contributed by atoms with E-state index in [2.05, 4.69) is 0 Å². The predicted molar refractivity (Wildman–Crippen MR) is 68.0 cm³/mol. The molecule has 3 nitrogen and oxygen atoms in total. The molecule has 1 atom stereocenters. The summed E-state index contributed by atoms with van der Waals surface area (Å²) in [6.45, 7) is 5.25. The number of carbonyl (C=O) groups is 1. The quantitative estimate of drug-likeness (QED) is 0.751. The summed E-state index contributed by atoms with van der Waals surface area (Å²) in [4.78, 5) is 10.7. The van der Waals surface area contributed by atoms with E-state index in [1.807, 2.05) is 44.2 Å². The molecule has 0 fully saturated rings. The SMILES string of the molecule is COc1ccc(C=C[C@@H](C)OC(C)=O)c(C)c1. The first-order valence-corrected chi connectivity index (χ1v) is 5.53. The number of aryl methyl sites for hydroxylation is 1. The highest BCUT2D eigenvalue weighted by atomic mass is 16.5. The van der Waals surface area contributed by atoms with Gasteiger partial charge in [0.05, 0.1) is 7.11 Å². The fraction of sp³-hybridized carbons (Fsp3) is 0.357. The van der Waals surface area contributed by atoms with Crippen LogP contribution in [0.3, 0.4) is 0 Å². The van der Waals surface area contributed by atoms with Crippen molar-refractivity contribution in [3.05, 3.63) is 35.4 Å². The van der Waals surface area contributed by atoms with E-state index in [-0.39, 0.29) is 12.1 Å². The van der Waals surface area contributed by atoms with Gasteiger partial charge in [-0.25, -0.2) is 0 Å². The number of ether oxygens (including phenoxy) is 2. The van der Waals surface area contributed by atoms with Crippen LogP contribution in [0.2, 0.25) is 0 Å². The third-order valence-corrected chi connectivity index (χ3v) is 2.38. The number of carbonyl (C=O) groups excluding carboxylic acids is 1. The largest absolute Gasteiger partial charge is 0.497 e. The first-order valence-electron chi connectivity index (χ1n) is 5.53. The van der Waals surface area contributed by atoms with Crippen molar-refractivity contribution in [2.24, 2.45) is 0 Å². The molecule has 0 amide bonds. The van der Waals surface area contributed by atoms with Crippen LogP contribution in [0.25, 0.3) is 6.08 Å². The number of hydrogen-bond donors (Lipinski definition) is 0. The van der Waals surface area contributed by atoms with Gasteiger partial charge in [0.1, 0.15) is 11.9 Å². The number of hydrogen-bond acceptors (Lipinski definition) is 3. The highest BCUT2D eigenvalue weighted by Gasteiger charge is 2.01. The molecular weight excluding hydrogens is 216 g/mol. The smallest absolute Gasteiger partial charge is 0.303 e. The fourth-order valence-electron chi connectivity index (χ4n) is 1.50. The molecule has 0 heterocycles. The summed E-state index contributed by atoms with van der Waals surface area (Å²) < 4.78 is 10.1. The highest BCUT2D eigenvalue weighted by Crippen LogP contribution is 2.18. The van der Waals surface area contributed by atoms with Crippen molar-refractivity contribution in [3.63, 3.8) is 0 Å². The van der Waals surface area contributed by atoms with Gasteiger partial charge < -0.3 is 9.47 Å². The zero-order chi connectivity index (χ0) is 12.8. The zero-order valence-electron chi connectivity index (χ0n) is 10.7. The van der Waals surface area contributed by atoms with Crippen molar-refractivity contribution in [1.29, 1.82) is 0 Å². The summed E-state index contributed by atoms with van der Waals surface area (Å²) >= 11 is 0. The monoisotopic (exact) mass is 234 g/mol. The summed E-state index contributed by atoms with van der Waals surface area (Å²) in [6, 6.07) is 5.85. The number of rotatable bonds is 4. The molecule has 0 spiro atoms. The molecule has 0 saturated heterocycles. The van der Waals surface area contributed by atoms with Gasteiger partial charge in [-0.2, -0.15) is 0 Å². The van der Waals surface area contributed by atoms with Crippen LogP contribution in [0.4, 0.5) is 0 Å². The second-order valence-corrected chi connectivity index (χ2v) is 3.90. The minimum atomic E-state index is -0.270. The molecule has 0 aliphatic rings. The van der Waals surface area contributed by atoms with Crippen molar-refractivity contribution < 1.29 is 14.3 Å². The van der Waals surface area contributed by atoms with Gasteiger partial charge in [0.25, 0.3) is 0 Å². The van der Waals surface area contributed by atoms with Crippen LogP contribution in [0.15, 0.2) is 24.3 Å². The topological polar surface area (TPSA) is 35.5 Å². The van der Waals surface area contributed by atoms with Crippen molar-refractivity contribution in [1.82, 2.24) is 0 Å². The first-order chi connectivity index (χ1) is 8.02. The summed E-state index contributed by atoms with van der Waals surface area (Å²) in [5, 5.41) is 0. The summed E-state index contributed by atoms with van der Waals surface area (Å²) in [6.07, 6.45) is 3.59. The molecule has 1 rings (SSSR count). The lowest BCUT2D eigenvalue weighted by molar-refractivity contribution is -0.143. The number of esters is 1. The van der Waals surface area contributed by atoms with Crippen LogP contribution < -0.4 is 4.74 Å². The van der Waals surface area contributed by atoms with Crippen LogP contribution in [-0.2, 0) is 9.53 Å². The molecule has 0 unspecified atom stereocenters. The van der Waals surface area contributed by atoms with Gasteiger partial charge >= 0.3 is 5.97 Å². The van der Waals surface area contributed by atoms with Crippen molar-refractivity contribution in [3.8, 4) is 5.75 Å². The average Bonchev–Trinajstić information content (AvgIpc) is 2.26. The van der Waals surface area contributed by atoms with Gasteiger partial charge in [-0.3, -0.25) is 4.79 Å². The second-order valence-electron chi connectivity index (χ2n) is 3.90. The van der Waals surface area contributed by atoms with E-state index in [1.165, 1.54) is 6.92 Å². The first kappa shape index (κ1) is 13.3. The Morgan fingerprint density at radius 3 is 2.65 bits per heavy atom. The third-order valence-electron chi connectivity index (χ3n) is 2.38. The Labute approximate surface area is 102 Å². The maximum atomic E-state index is 10.7. The molecule has 0 saturated carbocycles. The minimum absolute atomic E-state index is 0.214. The lowest BCUT2D eigenvalue weighted by Gasteiger charge is -2.07. The average molecular weight is 234 g/mol. The Morgan fingerprint density at radius 2 is 2.12 bits per heavy atom. The molecule has 92 valence electrons. The van der Waals surface area contributed by atoms with Crippen molar-refractivity contribution in [2.75, 3.05) is 7.11 Å². The van der Waals surface area contributed by atoms with Gasteiger partial charge in [0.2, 0.25) is 0 Å². The van der Waals surface area contributed by atoms with E-state index in [0.29, 0.717) is 0 Å². The van der Waals surface area contributed by atoms with E-state index in [0.717, 1.165) is 16.9 Å². The Hall–Kier alpha value is -1.77. The Morgan fingerprint density at radius 1 is 1.41 bits per heavy atom. The van der Waals surface area contributed by atoms with E-state index in [9.17, 15) is 4.79 Å². The van der Waals surface area contributed by atoms with Gasteiger partial charge in [-0.1, -0.05) is 12.1 Å². The van der Waals surface area contributed by atoms with E-state index in [4.69, 9.17) is 9.47 Å². The number of methoxy groups -OCH3 is 1.